The van der Waals surface area contributed by atoms with Crippen molar-refractivity contribution in [3.8, 4) is 5.75 Å². The average Bonchev–Trinajstić information content (AvgIpc) is 3.04. The minimum Gasteiger partial charge on any atom is -0.497 e. The van der Waals surface area contributed by atoms with Crippen molar-refractivity contribution in [2.75, 3.05) is 13.7 Å². The van der Waals surface area contributed by atoms with Gasteiger partial charge in [0.2, 0.25) is 21.8 Å². The third kappa shape index (κ3) is 5.76. The molecule has 0 aliphatic heterocycles. The number of hydrogen-bond donors (Lipinski definition) is 2. The fraction of sp³-hybridized carbons (Fsp3) is 0.471. The highest BCUT2D eigenvalue weighted by Gasteiger charge is 2.28. The van der Waals surface area contributed by atoms with Gasteiger partial charge < -0.3 is 14.6 Å². The number of nitrogens with one attached hydrogen (secondary N) is 2. The van der Waals surface area contributed by atoms with Gasteiger partial charge in [0.25, 0.3) is 0 Å². The second-order valence-corrected chi connectivity index (χ2v) is 8.01. The number of rotatable bonds is 9. The molecule has 27 heavy (non-hydrogen) atoms. The maximum absolute atomic E-state index is 12.6. The summed E-state index contributed by atoms with van der Waals surface area (Å²) in [5.41, 5.74) is 0. The fourth-order valence-electron chi connectivity index (χ4n) is 2.33. The first-order valence-electron chi connectivity index (χ1n) is 8.46. The third-order valence-corrected chi connectivity index (χ3v) is 5.27. The van der Waals surface area contributed by atoms with E-state index < -0.39 is 22.0 Å². The van der Waals surface area contributed by atoms with Crippen LogP contribution in [-0.2, 0) is 21.2 Å². The Morgan fingerprint density at radius 1 is 1.26 bits per heavy atom. The number of carbonyl (C=O) groups is 1. The Bertz CT molecular complexity index is 862. The standard InChI is InChI=1S/C17H24N4O5S/c1-11(2)16(17(22)18-10-9-15-19-12(3)20-26-15)21-27(23,24)14-7-5-13(25-4)6-8-14/h5-8,11,16,21H,9-10H2,1-4H3,(H,18,22)/t16-/m0/s1. The lowest BCUT2D eigenvalue weighted by Gasteiger charge is -2.21. The first kappa shape index (κ1) is 20.8. The Morgan fingerprint density at radius 3 is 2.44 bits per heavy atom. The topological polar surface area (TPSA) is 123 Å². The summed E-state index contributed by atoms with van der Waals surface area (Å²) in [7, 11) is -2.36. The van der Waals surface area contributed by atoms with Crippen LogP contribution in [0.3, 0.4) is 0 Å². The summed E-state index contributed by atoms with van der Waals surface area (Å²) < 4.78 is 37.6. The first-order valence-corrected chi connectivity index (χ1v) is 9.94. The maximum Gasteiger partial charge on any atom is 0.241 e. The van der Waals surface area contributed by atoms with Crippen LogP contribution in [0.1, 0.15) is 25.6 Å². The molecule has 9 nitrogen and oxygen atoms in total. The molecule has 0 aliphatic carbocycles. The fourth-order valence-corrected chi connectivity index (χ4v) is 3.67. The predicted molar refractivity (Wildman–Crippen MR) is 97.7 cm³/mol. The molecule has 0 saturated heterocycles. The number of ether oxygens (including phenoxy) is 1. The van der Waals surface area contributed by atoms with Crippen LogP contribution in [0.5, 0.6) is 5.75 Å². The lowest BCUT2D eigenvalue weighted by atomic mass is 10.1. The third-order valence-electron chi connectivity index (χ3n) is 3.81. The molecule has 1 aromatic carbocycles. The van der Waals surface area contributed by atoms with Crippen molar-refractivity contribution in [1.29, 1.82) is 0 Å². The Hall–Kier alpha value is -2.46. The van der Waals surface area contributed by atoms with Gasteiger partial charge in [0.15, 0.2) is 5.82 Å². The van der Waals surface area contributed by atoms with Gasteiger partial charge in [-0.05, 0) is 37.1 Å². The molecule has 0 aliphatic rings. The van der Waals surface area contributed by atoms with Gasteiger partial charge in [-0.2, -0.15) is 9.71 Å². The van der Waals surface area contributed by atoms with Crippen molar-refractivity contribution < 1.29 is 22.5 Å². The molecule has 0 radical (unpaired) electrons. The molecule has 148 valence electrons. The van der Waals surface area contributed by atoms with Gasteiger partial charge in [-0.15, -0.1) is 0 Å². The van der Waals surface area contributed by atoms with E-state index in [-0.39, 0.29) is 17.4 Å². The Balaban J connectivity index is 2.01. The highest BCUT2D eigenvalue weighted by atomic mass is 32.2. The zero-order chi connectivity index (χ0) is 20.0. The lowest BCUT2D eigenvalue weighted by molar-refractivity contribution is -0.123. The smallest absolute Gasteiger partial charge is 0.241 e. The van der Waals surface area contributed by atoms with E-state index in [1.54, 1.807) is 32.9 Å². The van der Waals surface area contributed by atoms with E-state index in [2.05, 4.69) is 20.2 Å². The highest BCUT2D eigenvalue weighted by molar-refractivity contribution is 7.89. The van der Waals surface area contributed by atoms with Gasteiger partial charge in [-0.25, -0.2) is 8.42 Å². The number of aryl methyl sites for hydroxylation is 1. The number of benzene rings is 1. The SMILES string of the molecule is COc1ccc(S(=O)(=O)N[C@H](C(=O)NCCc2nc(C)no2)C(C)C)cc1. The summed E-state index contributed by atoms with van der Waals surface area (Å²) >= 11 is 0. The van der Waals surface area contributed by atoms with Gasteiger partial charge in [0, 0.05) is 13.0 Å². The number of methoxy groups -OCH3 is 1. The summed E-state index contributed by atoms with van der Waals surface area (Å²) in [6.45, 7) is 5.49. The van der Waals surface area contributed by atoms with E-state index in [0.717, 1.165) is 0 Å². The van der Waals surface area contributed by atoms with Crippen LogP contribution in [0.4, 0.5) is 0 Å². The van der Waals surface area contributed by atoms with Gasteiger partial charge in [-0.3, -0.25) is 4.79 Å². The van der Waals surface area contributed by atoms with Gasteiger partial charge in [0.1, 0.15) is 11.8 Å². The molecular weight excluding hydrogens is 372 g/mol. The van der Waals surface area contributed by atoms with Gasteiger partial charge in [-0.1, -0.05) is 19.0 Å². The van der Waals surface area contributed by atoms with Crippen molar-refractivity contribution in [2.45, 2.75) is 38.1 Å². The van der Waals surface area contributed by atoms with Crippen molar-refractivity contribution in [2.24, 2.45) is 5.92 Å². The quantitative estimate of drug-likeness (QED) is 0.649. The number of sulfonamides is 1. The Labute approximate surface area is 158 Å². The van der Waals surface area contributed by atoms with E-state index in [1.165, 1.54) is 19.2 Å². The van der Waals surface area contributed by atoms with Gasteiger partial charge in [0.05, 0.1) is 12.0 Å². The first-order chi connectivity index (χ1) is 12.7. The van der Waals surface area contributed by atoms with Crippen LogP contribution >= 0.6 is 0 Å². The summed E-state index contributed by atoms with van der Waals surface area (Å²) in [5.74, 6) is 0.807. The molecular formula is C17H24N4O5S. The van der Waals surface area contributed by atoms with E-state index >= 15 is 0 Å². The molecule has 1 aromatic heterocycles. The van der Waals surface area contributed by atoms with Crippen molar-refractivity contribution in [3.63, 3.8) is 0 Å². The van der Waals surface area contributed by atoms with E-state index in [9.17, 15) is 13.2 Å². The van der Waals surface area contributed by atoms with E-state index in [1.807, 2.05) is 0 Å². The maximum atomic E-state index is 12.6. The average molecular weight is 396 g/mol. The minimum absolute atomic E-state index is 0.0584. The molecule has 0 spiro atoms. The number of nitrogens with zero attached hydrogens (tertiary/aromatic N) is 2. The predicted octanol–water partition coefficient (Wildman–Crippen LogP) is 1.05. The molecule has 1 amide bonds. The molecule has 10 heteroatoms. The summed E-state index contributed by atoms with van der Waals surface area (Å²) in [6.07, 6.45) is 0.364. The molecule has 2 rings (SSSR count). The second-order valence-electron chi connectivity index (χ2n) is 6.29. The highest BCUT2D eigenvalue weighted by Crippen LogP contribution is 2.16. The van der Waals surface area contributed by atoms with Gasteiger partial charge >= 0.3 is 0 Å². The lowest BCUT2D eigenvalue weighted by Crippen LogP contribution is -2.49. The molecule has 0 unspecified atom stereocenters. The van der Waals surface area contributed by atoms with E-state index in [4.69, 9.17) is 9.26 Å². The molecule has 1 heterocycles. The normalized spacial score (nSPS) is 12.8. The second kappa shape index (κ2) is 8.96. The van der Waals surface area contributed by atoms with Crippen molar-refractivity contribution in [3.05, 3.63) is 36.0 Å². The molecule has 0 bridgehead atoms. The summed E-state index contributed by atoms with van der Waals surface area (Å²) in [6, 6.07) is 5.03. The number of amides is 1. The van der Waals surface area contributed by atoms with Crippen LogP contribution in [-0.4, -0.2) is 44.2 Å². The molecule has 0 fully saturated rings. The number of carbonyl (C=O) groups excluding carboxylic acids is 1. The largest absolute Gasteiger partial charge is 0.497 e. The van der Waals surface area contributed by atoms with Crippen LogP contribution < -0.4 is 14.8 Å². The Kier molecular flexibility index (Phi) is 6.92. The molecule has 1 atom stereocenters. The van der Waals surface area contributed by atoms with E-state index in [0.29, 0.717) is 23.9 Å². The molecule has 2 aromatic rings. The zero-order valence-electron chi connectivity index (χ0n) is 15.7. The zero-order valence-corrected chi connectivity index (χ0v) is 16.5. The van der Waals surface area contributed by atoms with Crippen molar-refractivity contribution in [1.82, 2.24) is 20.2 Å². The van der Waals surface area contributed by atoms with Crippen LogP contribution in [0.15, 0.2) is 33.7 Å². The number of hydrogen-bond acceptors (Lipinski definition) is 7. The monoisotopic (exact) mass is 396 g/mol. The Morgan fingerprint density at radius 2 is 1.93 bits per heavy atom. The molecule has 2 N–H and O–H groups in total. The summed E-state index contributed by atoms with van der Waals surface area (Å²) in [5, 5.41) is 6.37. The summed E-state index contributed by atoms with van der Waals surface area (Å²) in [4.78, 5) is 16.6. The van der Waals surface area contributed by atoms with Crippen LogP contribution in [0, 0.1) is 12.8 Å². The number of aromatic nitrogens is 2. The van der Waals surface area contributed by atoms with Crippen molar-refractivity contribution >= 4 is 15.9 Å². The van der Waals surface area contributed by atoms with Crippen LogP contribution in [0.2, 0.25) is 0 Å². The van der Waals surface area contributed by atoms with Crippen LogP contribution in [0.25, 0.3) is 0 Å². The molecule has 0 saturated carbocycles. The minimum atomic E-state index is -3.86.